The molecule has 5 rings (SSSR count). The molecule has 3 aromatic heterocycles. The Labute approximate surface area is 268 Å². The molecular weight excluding hydrogens is 517 g/mol. The number of aryl methyl sites for hydroxylation is 2. The molecule has 0 aliphatic carbocycles. The van der Waals surface area contributed by atoms with Crippen molar-refractivity contribution < 1.29 is 55.8 Å². The zero-order valence-corrected chi connectivity index (χ0v) is 25.4. The third kappa shape index (κ3) is 6.35. The first-order valence-corrected chi connectivity index (χ1v) is 12.6. The summed E-state index contributed by atoms with van der Waals surface area (Å²) in [5.41, 5.74) is 5.73. The smallest absolute Gasteiger partial charge is 0.466 e. The van der Waals surface area contributed by atoms with Crippen LogP contribution in [0.5, 0.6) is 0 Å². The molecule has 0 saturated heterocycles. The number of furan rings is 1. The van der Waals surface area contributed by atoms with Gasteiger partial charge in [0.1, 0.15) is 17.7 Å². The van der Waals surface area contributed by atoms with E-state index in [9.17, 15) is 10.1 Å². The molecule has 0 saturated carbocycles. The van der Waals surface area contributed by atoms with Crippen LogP contribution in [0.15, 0.2) is 70.1 Å². The predicted octanol–water partition coefficient (Wildman–Crippen LogP) is 1.85. The Morgan fingerprint density at radius 2 is 1.85 bits per heavy atom. The minimum Gasteiger partial charge on any atom is -0.466 e. The average Bonchev–Trinajstić information content (AvgIpc) is 3.64. The Morgan fingerprint density at radius 1 is 1.08 bits per heavy atom. The minimum absolute atomic E-state index is 0. The summed E-state index contributed by atoms with van der Waals surface area (Å²) in [6, 6.07) is 19.8. The summed E-state index contributed by atoms with van der Waals surface area (Å²) >= 11 is 0. The van der Waals surface area contributed by atoms with Crippen molar-refractivity contribution in [1.29, 1.82) is 5.26 Å². The average molecular weight is 545 g/mol. The van der Waals surface area contributed by atoms with Crippen LogP contribution in [0.3, 0.4) is 0 Å². The van der Waals surface area contributed by atoms with E-state index in [1.54, 1.807) is 10.6 Å². The van der Waals surface area contributed by atoms with Crippen LogP contribution in [-0.4, -0.2) is 30.2 Å². The van der Waals surface area contributed by atoms with Crippen LogP contribution in [0, 0.1) is 18.3 Å². The monoisotopic (exact) mass is 544 g/mol. The van der Waals surface area contributed by atoms with E-state index in [0.29, 0.717) is 35.0 Å². The van der Waals surface area contributed by atoms with Crippen LogP contribution in [0.1, 0.15) is 53.7 Å². The van der Waals surface area contributed by atoms with E-state index < -0.39 is 0 Å². The largest absolute Gasteiger partial charge is 1.00 e. The fraction of sp³-hybridized carbons (Fsp3) is 0.241. The normalized spacial score (nSPS) is 10.7. The SMILES string of the molecule is CCCCc1nc(C)n(Cc2occc2C#N)c(=O)c1Cc1ccc(-c2ccccc2-c2nn[nH]n2)cc1.[K+]. The molecule has 0 unspecified atom stereocenters. The van der Waals surface area contributed by atoms with E-state index in [-0.39, 0.29) is 63.5 Å². The number of nitriles is 1. The van der Waals surface area contributed by atoms with Gasteiger partial charge in [0.15, 0.2) is 0 Å². The van der Waals surface area contributed by atoms with Crippen LogP contribution in [0.25, 0.3) is 22.5 Å². The minimum atomic E-state index is -0.101. The second-order valence-corrected chi connectivity index (χ2v) is 9.10. The molecule has 0 bridgehead atoms. The van der Waals surface area contributed by atoms with Crippen molar-refractivity contribution >= 4 is 0 Å². The van der Waals surface area contributed by atoms with E-state index in [4.69, 9.17) is 9.40 Å². The van der Waals surface area contributed by atoms with Gasteiger partial charge in [-0.2, -0.15) is 10.5 Å². The third-order valence-electron chi connectivity index (χ3n) is 6.63. The van der Waals surface area contributed by atoms with E-state index >= 15 is 0 Å². The van der Waals surface area contributed by atoms with E-state index in [0.717, 1.165) is 47.2 Å². The molecule has 2 aromatic carbocycles. The van der Waals surface area contributed by atoms with Crippen molar-refractivity contribution in [3.8, 4) is 28.6 Å². The second kappa shape index (κ2) is 13.2. The van der Waals surface area contributed by atoms with Crippen molar-refractivity contribution in [2.45, 2.75) is 46.1 Å². The van der Waals surface area contributed by atoms with Crippen molar-refractivity contribution in [1.82, 2.24) is 30.2 Å². The van der Waals surface area contributed by atoms with Gasteiger partial charge in [-0.15, -0.1) is 10.2 Å². The first-order valence-electron chi connectivity index (χ1n) is 12.6. The molecule has 9 nitrogen and oxygen atoms in total. The number of rotatable bonds is 9. The van der Waals surface area contributed by atoms with Gasteiger partial charge in [-0.3, -0.25) is 9.36 Å². The maximum atomic E-state index is 13.7. The van der Waals surface area contributed by atoms with Gasteiger partial charge in [0.05, 0.1) is 24.1 Å². The molecule has 0 amide bonds. The van der Waals surface area contributed by atoms with Crippen molar-refractivity contribution in [2.75, 3.05) is 0 Å². The molecule has 3 heterocycles. The van der Waals surface area contributed by atoms with Gasteiger partial charge in [0, 0.05) is 17.5 Å². The Bertz CT molecular complexity index is 1650. The molecule has 0 aliphatic heterocycles. The zero-order chi connectivity index (χ0) is 26.5. The van der Waals surface area contributed by atoms with Crippen LogP contribution in [0.2, 0.25) is 0 Å². The number of nitrogens with one attached hydrogen (secondary N) is 1. The summed E-state index contributed by atoms with van der Waals surface area (Å²) in [5.74, 6) is 1.60. The van der Waals surface area contributed by atoms with Gasteiger partial charge < -0.3 is 4.42 Å². The molecule has 0 aliphatic rings. The Balaban J connectivity index is 0.00000353. The fourth-order valence-electron chi connectivity index (χ4n) is 4.59. The number of unbranched alkanes of at least 4 members (excludes halogenated alkanes) is 1. The van der Waals surface area contributed by atoms with Gasteiger partial charge in [-0.25, -0.2) is 4.98 Å². The van der Waals surface area contributed by atoms with E-state index in [1.165, 1.54) is 6.26 Å². The third-order valence-corrected chi connectivity index (χ3v) is 6.63. The number of aromatic nitrogens is 6. The molecule has 5 aromatic rings. The van der Waals surface area contributed by atoms with Crippen LogP contribution < -0.4 is 56.9 Å². The van der Waals surface area contributed by atoms with Crippen LogP contribution in [-0.2, 0) is 19.4 Å². The number of nitrogens with zero attached hydrogens (tertiary/aromatic N) is 6. The zero-order valence-electron chi connectivity index (χ0n) is 22.3. The molecule has 0 atom stereocenters. The Kier molecular flexibility index (Phi) is 9.77. The maximum Gasteiger partial charge on any atom is 1.00 e. The second-order valence-electron chi connectivity index (χ2n) is 9.10. The first kappa shape index (κ1) is 28.8. The van der Waals surface area contributed by atoms with Gasteiger partial charge in [-0.1, -0.05) is 61.9 Å². The standard InChI is InChI=1S/C29H27N7O2.K/c1-3-4-9-26-25(29(37)36(19(2)31-26)18-27-22(17-30)14-15-38-27)16-20-10-12-21(13-11-20)23-7-5-6-8-24(23)28-32-34-35-33-28;/h5-8,10-15H,3-4,9,16,18H2,1-2H3,(H,32,33,34,35);/q;+1. The Hall–Kier alpha value is -3.20. The summed E-state index contributed by atoms with van der Waals surface area (Å²) in [4.78, 5) is 18.6. The molecule has 10 heteroatoms. The van der Waals surface area contributed by atoms with Gasteiger partial charge in [0.2, 0.25) is 5.82 Å². The number of hydrogen-bond donors (Lipinski definition) is 1. The van der Waals surface area contributed by atoms with Crippen LogP contribution in [0.4, 0.5) is 0 Å². The first-order chi connectivity index (χ1) is 18.6. The summed E-state index contributed by atoms with van der Waals surface area (Å²) in [5, 5.41) is 23.8. The molecular formula is C29H27KN7O2+. The quantitative estimate of drug-likeness (QED) is 0.281. The summed E-state index contributed by atoms with van der Waals surface area (Å²) < 4.78 is 7.09. The summed E-state index contributed by atoms with van der Waals surface area (Å²) in [7, 11) is 0. The molecule has 0 spiro atoms. The fourth-order valence-corrected chi connectivity index (χ4v) is 4.59. The summed E-state index contributed by atoms with van der Waals surface area (Å²) in [6.45, 7) is 4.12. The summed E-state index contributed by atoms with van der Waals surface area (Å²) in [6.07, 6.45) is 4.63. The number of hydrogen-bond acceptors (Lipinski definition) is 7. The predicted molar refractivity (Wildman–Crippen MR) is 142 cm³/mol. The van der Waals surface area contributed by atoms with E-state index in [2.05, 4.69) is 33.6 Å². The number of aromatic amines is 1. The van der Waals surface area contributed by atoms with Crippen molar-refractivity contribution in [3.63, 3.8) is 0 Å². The maximum absolute atomic E-state index is 13.7. The van der Waals surface area contributed by atoms with Crippen molar-refractivity contribution in [3.05, 3.63) is 105 Å². The molecule has 0 fully saturated rings. The number of H-pyrrole nitrogens is 1. The topological polar surface area (TPSA) is 126 Å². The number of benzene rings is 2. The van der Waals surface area contributed by atoms with Crippen molar-refractivity contribution in [2.24, 2.45) is 0 Å². The molecule has 39 heavy (non-hydrogen) atoms. The van der Waals surface area contributed by atoms with Gasteiger partial charge in [-0.05, 0) is 47.7 Å². The van der Waals surface area contributed by atoms with E-state index in [1.807, 2.05) is 55.5 Å². The number of tetrazole rings is 1. The van der Waals surface area contributed by atoms with Gasteiger partial charge in [0.25, 0.3) is 5.56 Å². The van der Waals surface area contributed by atoms with Gasteiger partial charge >= 0.3 is 51.4 Å². The Morgan fingerprint density at radius 3 is 2.54 bits per heavy atom. The molecule has 1 N–H and O–H groups in total. The molecule has 0 radical (unpaired) electrons. The molecule has 190 valence electrons. The van der Waals surface area contributed by atoms with Crippen LogP contribution >= 0.6 is 0 Å².